The zero-order chi connectivity index (χ0) is 17.5. The van der Waals surface area contributed by atoms with Gasteiger partial charge in [-0.25, -0.2) is 0 Å². The lowest BCUT2D eigenvalue weighted by Crippen LogP contribution is -2.86. The van der Waals surface area contributed by atoms with Crippen molar-refractivity contribution in [3.63, 3.8) is 0 Å². The van der Waals surface area contributed by atoms with Crippen LogP contribution in [-0.2, 0) is 4.79 Å². The van der Waals surface area contributed by atoms with Crippen LogP contribution in [0.5, 0.6) is 5.75 Å². The third kappa shape index (κ3) is 5.41. The van der Waals surface area contributed by atoms with Crippen molar-refractivity contribution in [2.24, 2.45) is 0 Å². The molecule has 1 atom stereocenters. The normalized spacial score (nSPS) is 11.8. The second-order valence-corrected chi connectivity index (χ2v) is 6.24. The molecule has 0 aliphatic rings. The van der Waals surface area contributed by atoms with E-state index in [0.717, 1.165) is 17.0 Å². The Hall–Kier alpha value is -1.75. The van der Waals surface area contributed by atoms with E-state index in [1.54, 1.807) is 12.1 Å². The molecule has 3 N–H and O–H groups in total. The largest absolute Gasteiger partial charge is 0.494 e. The average molecular weight is 368 g/mol. The minimum Gasteiger partial charge on any atom is -0.494 e. The van der Waals surface area contributed by atoms with E-state index in [1.165, 1.54) is 0 Å². The van der Waals surface area contributed by atoms with Gasteiger partial charge in [0, 0.05) is 16.3 Å². The summed E-state index contributed by atoms with van der Waals surface area (Å²) in [4.78, 5) is 12.1. The van der Waals surface area contributed by atoms with E-state index in [-0.39, 0.29) is 11.9 Å². The Balaban J connectivity index is 1.86. The second kappa shape index (κ2) is 8.92. The first-order valence-electron chi connectivity index (χ1n) is 7.80. The molecule has 128 valence electrons. The van der Waals surface area contributed by atoms with Crippen molar-refractivity contribution in [2.45, 2.75) is 19.9 Å². The molecule has 1 amide bonds. The molecular weight excluding hydrogens is 347 g/mol. The van der Waals surface area contributed by atoms with Gasteiger partial charge in [0.05, 0.1) is 11.6 Å². The van der Waals surface area contributed by atoms with Gasteiger partial charge in [0.2, 0.25) is 0 Å². The number of carbonyl (C=O) groups excluding carboxylic acids is 1. The van der Waals surface area contributed by atoms with E-state index in [2.05, 4.69) is 5.32 Å². The number of ether oxygens (including phenoxy) is 1. The van der Waals surface area contributed by atoms with E-state index in [1.807, 2.05) is 49.5 Å². The Morgan fingerprint density at radius 2 is 1.92 bits per heavy atom. The first kappa shape index (κ1) is 18.6. The third-order valence-electron chi connectivity index (χ3n) is 3.56. The highest BCUT2D eigenvalue weighted by Crippen LogP contribution is 2.24. The number of hydrogen-bond donors (Lipinski definition) is 2. The summed E-state index contributed by atoms with van der Waals surface area (Å²) in [6.07, 6.45) is 0. The van der Waals surface area contributed by atoms with Crippen LogP contribution in [0.3, 0.4) is 0 Å². The minimum absolute atomic E-state index is 0.0563. The van der Waals surface area contributed by atoms with Crippen molar-refractivity contribution < 1.29 is 14.8 Å². The monoisotopic (exact) mass is 367 g/mol. The van der Waals surface area contributed by atoms with Crippen LogP contribution in [0.1, 0.15) is 25.5 Å². The zero-order valence-electron chi connectivity index (χ0n) is 13.7. The molecule has 24 heavy (non-hydrogen) atoms. The smallest absolute Gasteiger partial charge is 0.279 e. The number of quaternary nitrogens is 1. The summed E-state index contributed by atoms with van der Waals surface area (Å²) in [5, 5.41) is 6.00. The summed E-state index contributed by atoms with van der Waals surface area (Å²) in [7, 11) is 0. The fraction of sp³-hybridized carbons (Fsp3) is 0.278. The molecular formula is C18H21Cl2N2O2+. The highest BCUT2D eigenvalue weighted by atomic mass is 35.5. The van der Waals surface area contributed by atoms with Crippen LogP contribution >= 0.6 is 23.2 Å². The molecule has 0 saturated carbocycles. The van der Waals surface area contributed by atoms with Gasteiger partial charge in [-0.1, -0.05) is 29.3 Å². The van der Waals surface area contributed by atoms with Gasteiger partial charge in [-0.05, 0) is 50.2 Å². The molecule has 2 aromatic carbocycles. The minimum atomic E-state index is -0.0731. The van der Waals surface area contributed by atoms with Crippen molar-refractivity contribution in [1.29, 1.82) is 0 Å². The molecule has 0 bridgehead atoms. The van der Waals surface area contributed by atoms with Crippen molar-refractivity contribution >= 4 is 34.8 Å². The van der Waals surface area contributed by atoms with Gasteiger partial charge in [0.15, 0.2) is 6.54 Å². The van der Waals surface area contributed by atoms with Crippen LogP contribution in [0, 0.1) is 0 Å². The van der Waals surface area contributed by atoms with Gasteiger partial charge in [-0.2, -0.15) is 0 Å². The number of amides is 1. The van der Waals surface area contributed by atoms with Crippen LogP contribution in [0.4, 0.5) is 5.69 Å². The Labute approximate surface area is 152 Å². The predicted octanol–water partition coefficient (Wildman–Crippen LogP) is 3.66. The average Bonchev–Trinajstić information content (AvgIpc) is 2.55. The Morgan fingerprint density at radius 3 is 2.54 bits per heavy atom. The number of hydrogen-bond acceptors (Lipinski definition) is 2. The van der Waals surface area contributed by atoms with Crippen molar-refractivity contribution in [2.75, 3.05) is 18.5 Å². The fourth-order valence-electron chi connectivity index (χ4n) is 2.29. The van der Waals surface area contributed by atoms with Gasteiger partial charge in [-0.15, -0.1) is 0 Å². The maximum absolute atomic E-state index is 12.1. The van der Waals surface area contributed by atoms with E-state index in [0.29, 0.717) is 23.2 Å². The number of nitrogens with two attached hydrogens (primary N) is 1. The molecule has 0 unspecified atom stereocenters. The summed E-state index contributed by atoms with van der Waals surface area (Å²) in [5.41, 5.74) is 1.70. The molecule has 0 spiro atoms. The number of nitrogens with one attached hydrogen (secondary N) is 1. The van der Waals surface area contributed by atoms with E-state index in [9.17, 15) is 4.79 Å². The highest BCUT2D eigenvalue weighted by Gasteiger charge is 2.15. The van der Waals surface area contributed by atoms with Gasteiger partial charge in [0.1, 0.15) is 11.8 Å². The number of halogens is 2. The van der Waals surface area contributed by atoms with Crippen LogP contribution < -0.4 is 15.4 Å². The molecule has 2 aromatic rings. The molecule has 0 heterocycles. The van der Waals surface area contributed by atoms with Crippen LogP contribution in [0.15, 0.2) is 42.5 Å². The van der Waals surface area contributed by atoms with Crippen LogP contribution in [-0.4, -0.2) is 19.1 Å². The third-order valence-corrected chi connectivity index (χ3v) is 4.12. The van der Waals surface area contributed by atoms with Gasteiger partial charge in [0.25, 0.3) is 5.91 Å². The molecule has 6 heteroatoms. The van der Waals surface area contributed by atoms with Crippen molar-refractivity contribution in [3.8, 4) is 5.75 Å². The van der Waals surface area contributed by atoms with Gasteiger partial charge >= 0.3 is 0 Å². The number of anilines is 1. The molecule has 0 fully saturated rings. The maximum Gasteiger partial charge on any atom is 0.279 e. The topological polar surface area (TPSA) is 54.9 Å². The summed E-state index contributed by atoms with van der Waals surface area (Å²) < 4.78 is 5.37. The molecule has 0 aromatic heterocycles. The summed E-state index contributed by atoms with van der Waals surface area (Å²) in [5.74, 6) is 0.712. The number of carbonyl (C=O) groups is 1. The number of rotatable bonds is 7. The quantitative estimate of drug-likeness (QED) is 0.784. The second-order valence-electron chi connectivity index (χ2n) is 5.40. The first-order valence-corrected chi connectivity index (χ1v) is 8.56. The number of benzene rings is 2. The van der Waals surface area contributed by atoms with Crippen LogP contribution in [0.25, 0.3) is 0 Å². The molecule has 0 aliphatic heterocycles. The molecule has 0 radical (unpaired) electrons. The SMILES string of the molecule is CCOc1ccc(NC(=O)C[NH2+][C@H](C)c2ccc(Cl)cc2Cl)cc1. The lowest BCUT2D eigenvalue weighted by atomic mass is 10.1. The van der Waals surface area contributed by atoms with Gasteiger partial charge < -0.3 is 15.4 Å². The van der Waals surface area contributed by atoms with E-state index < -0.39 is 0 Å². The molecule has 0 saturated heterocycles. The maximum atomic E-state index is 12.1. The molecule has 0 aliphatic carbocycles. The molecule has 2 rings (SSSR count). The van der Waals surface area contributed by atoms with Crippen molar-refractivity contribution in [3.05, 3.63) is 58.1 Å². The zero-order valence-corrected chi connectivity index (χ0v) is 15.2. The van der Waals surface area contributed by atoms with Crippen molar-refractivity contribution in [1.82, 2.24) is 0 Å². The fourth-order valence-corrected chi connectivity index (χ4v) is 2.88. The Morgan fingerprint density at radius 1 is 1.21 bits per heavy atom. The Kier molecular flexibility index (Phi) is 6.91. The lowest BCUT2D eigenvalue weighted by Gasteiger charge is -2.13. The van der Waals surface area contributed by atoms with E-state index >= 15 is 0 Å². The predicted molar refractivity (Wildman–Crippen MR) is 97.9 cm³/mol. The van der Waals surface area contributed by atoms with Crippen LogP contribution in [0.2, 0.25) is 10.0 Å². The summed E-state index contributed by atoms with van der Waals surface area (Å²) in [6, 6.07) is 12.8. The van der Waals surface area contributed by atoms with Gasteiger partial charge in [-0.3, -0.25) is 4.79 Å². The lowest BCUT2D eigenvalue weighted by molar-refractivity contribution is -0.682. The first-order chi connectivity index (χ1) is 11.5. The standard InChI is InChI=1S/C18H20Cl2N2O2/c1-3-24-15-7-5-14(6-8-15)22-18(23)11-21-12(2)16-9-4-13(19)10-17(16)20/h4-10,12,21H,3,11H2,1-2H3,(H,22,23)/p+1/t12-/m1/s1. The van der Waals surface area contributed by atoms with E-state index in [4.69, 9.17) is 27.9 Å². The summed E-state index contributed by atoms with van der Waals surface area (Å²) >= 11 is 12.1. The molecule has 4 nitrogen and oxygen atoms in total. The highest BCUT2D eigenvalue weighted by molar-refractivity contribution is 6.35. The Bertz CT molecular complexity index is 690. The summed E-state index contributed by atoms with van der Waals surface area (Å²) in [6.45, 7) is 4.85.